The zero-order valence-electron chi connectivity index (χ0n) is 43.9. The predicted octanol–water partition coefficient (Wildman–Crippen LogP) is 15.5. The van der Waals surface area contributed by atoms with E-state index in [0.717, 1.165) is 61.4 Å². The average Bonchev–Trinajstić information content (AvgIpc) is 3.93. The van der Waals surface area contributed by atoms with Gasteiger partial charge in [-0.05, 0) is 93.9 Å². The van der Waals surface area contributed by atoms with Crippen LogP contribution in [0.3, 0.4) is 0 Å². The van der Waals surface area contributed by atoms with Crippen LogP contribution in [-0.4, -0.2) is 16.2 Å². The Bertz CT molecular complexity index is 3790. The number of rotatable bonds is 8. The van der Waals surface area contributed by atoms with Gasteiger partial charge in [0.05, 0.1) is 40.4 Å². The highest BCUT2D eigenvalue weighted by molar-refractivity contribution is 6.11. The van der Waals surface area contributed by atoms with Gasteiger partial charge in [0.25, 0.3) is 0 Å². The second-order valence-electron chi connectivity index (χ2n) is 16.6. The van der Waals surface area contributed by atoms with Gasteiger partial charge in [-0.3, -0.25) is 4.57 Å². The van der Waals surface area contributed by atoms with E-state index in [2.05, 4.69) is 84.8 Å². The summed E-state index contributed by atoms with van der Waals surface area (Å²) in [7, 11) is 0. The van der Waals surface area contributed by atoms with Crippen molar-refractivity contribution in [3.8, 4) is 50.7 Å². The van der Waals surface area contributed by atoms with Crippen molar-refractivity contribution < 1.29 is 17.1 Å². The van der Waals surface area contributed by atoms with Gasteiger partial charge in [-0.15, -0.1) is 0 Å². The summed E-state index contributed by atoms with van der Waals surface area (Å²) in [5, 5.41) is 2.13. The average molecular weight is 824 g/mol. The maximum Gasteiger partial charge on any atom is 0.137 e. The molecule has 0 saturated heterocycles. The minimum absolute atomic E-state index is 0.0308. The van der Waals surface area contributed by atoms with E-state index in [1.807, 2.05) is 77.7 Å². The number of hydrogen-bond donors (Lipinski definition) is 0. The highest BCUT2D eigenvalue weighted by atomic mass is 16.5. The lowest BCUT2D eigenvalue weighted by Crippen LogP contribution is -2.25. The van der Waals surface area contributed by atoms with Crippen molar-refractivity contribution in [2.24, 2.45) is 0 Å². The van der Waals surface area contributed by atoms with Gasteiger partial charge in [-0.1, -0.05) is 154 Å². The summed E-state index contributed by atoms with van der Waals surface area (Å²) in [5.74, 6) is 1.97. The van der Waals surface area contributed by atoms with E-state index in [4.69, 9.17) is 22.1 Å². The lowest BCUT2D eigenvalue weighted by molar-refractivity contribution is 0.483. The first-order valence-electron chi connectivity index (χ1n) is 25.4. The molecule has 8 aromatic carbocycles. The Hall–Kier alpha value is -7.89. The zero-order valence-corrected chi connectivity index (χ0v) is 34.9. The maximum absolute atomic E-state index is 9.13. The molecule has 0 spiro atoms. The van der Waals surface area contributed by atoms with Crippen LogP contribution >= 0.6 is 0 Å². The van der Waals surface area contributed by atoms with Crippen molar-refractivity contribution in [2.75, 3.05) is 16.5 Å². The Morgan fingerprint density at radius 2 is 1.29 bits per heavy atom. The second-order valence-corrected chi connectivity index (χ2v) is 16.6. The van der Waals surface area contributed by atoms with E-state index in [1.165, 1.54) is 6.07 Å². The molecule has 0 amide bonds. The van der Waals surface area contributed by atoms with Crippen LogP contribution in [0, 0.1) is 0 Å². The predicted molar refractivity (Wildman–Crippen MR) is 262 cm³/mol. The van der Waals surface area contributed by atoms with Gasteiger partial charge >= 0.3 is 0 Å². The lowest BCUT2D eigenvalue weighted by atomic mass is 9.86. The van der Waals surface area contributed by atoms with Gasteiger partial charge in [-0.25, -0.2) is 4.98 Å². The molecule has 0 N–H and O–H groups in total. The molecule has 2 aromatic heterocycles. The first kappa shape index (κ1) is 29.4. The van der Waals surface area contributed by atoms with Crippen LogP contribution in [0.15, 0.2) is 212 Å². The smallest absolute Gasteiger partial charge is 0.137 e. The molecule has 5 heteroatoms. The fourth-order valence-corrected chi connectivity index (χ4v) is 8.66. The van der Waals surface area contributed by atoms with Crippen LogP contribution in [0.25, 0.3) is 61.0 Å². The Balaban J connectivity index is 1.05. The summed E-state index contributed by atoms with van der Waals surface area (Å²) >= 11 is 0. The molecule has 63 heavy (non-hydrogen) atoms. The molecule has 11 rings (SSSR count). The zero-order chi connectivity index (χ0) is 50.3. The summed E-state index contributed by atoms with van der Waals surface area (Å²) in [6.45, 7) is 6.53. The van der Waals surface area contributed by atoms with Crippen LogP contribution < -0.4 is 14.5 Å². The van der Waals surface area contributed by atoms with E-state index in [1.54, 1.807) is 24.4 Å². The van der Waals surface area contributed by atoms with Crippen molar-refractivity contribution in [1.82, 2.24) is 9.55 Å². The van der Waals surface area contributed by atoms with Gasteiger partial charge < -0.3 is 14.5 Å². The monoisotopic (exact) mass is 823 g/mol. The molecule has 0 unspecified atom stereocenters. The van der Waals surface area contributed by atoms with Gasteiger partial charge in [0.2, 0.25) is 0 Å². The number of benzene rings is 8. The Kier molecular flexibility index (Phi) is 7.25. The molecule has 0 fully saturated rings. The Morgan fingerprint density at radius 1 is 0.524 bits per heavy atom. The van der Waals surface area contributed by atoms with Gasteiger partial charge in [0, 0.05) is 45.9 Å². The van der Waals surface area contributed by atoms with Gasteiger partial charge in [-0.2, -0.15) is 0 Å². The number of fused-ring (bicyclic) bond motifs is 4. The number of aromatic nitrogens is 2. The largest absolute Gasteiger partial charge is 0.457 e. The molecule has 5 nitrogen and oxygen atoms in total. The third kappa shape index (κ3) is 6.98. The third-order valence-corrected chi connectivity index (χ3v) is 11.7. The van der Waals surface area contributed by atoms with Crippen LogP contribution in [0.4, 0.5) is 22.7 Å². The normalized spacial score (nSPS) is 14.6. The standard InChI is InChI=1S/C58H46N4O/c1-58(2,3)44-29-33-53-55(36-44)61(57-48(41-19-9-5-10-20-41)25-16-26-49(57)42-21-11-6-12-22-42)39-60(53)45-23-15-24-46(37-45)63-47-30-31-50-51-35-43(40-17-7-4-8-18-40)28-32-52(51)62(54(50)38-47)56-27-13-14-34-59-56/h4-38H,39H2,1-3H3/i5D,6D,9D,10D,11D,12D,19D,20D,21D. The molecule has 0 bridgehead atoms. The highest BCUT2D eigenvalue weighted by Gasteiger charge is 2.33. The number of anilines is 4. The maximum atomic E-state index is 9.13. The lowest BCUT2D eigenvalue weighted by Gasteiger charge is -2.28. The minimum atomic E-state index is -0.522. The van der Waals surface area contributed by atoms with E-state index in [0.29, 0.717) is 28.3 Å². The molecule has 10 aromatic rings. The molecule has 1 aliphatic heterocycles. The molecule has 0 saturated carbocycles. The van der Waals surface area contributed by atoms with E-state index in [-0.39, 0.29) is 41.3 Å². The Labute approximate surface area is 381 Å². The Morgan fingerprint density at radius 3 is 2.10 bits per heavy atom. The third-order valence-electron chi connectivity index (χ3n) is 11.7. The van der Waals surface area contributed by atoms with Crippen LogP contribution in [0.1, 0.15) is 38.7 Å². The van der Waals surface area contributed by atoms with Crippen molar-refractivity contribution >= 4 is 44.6 Å². The highest BCUT2D eigenvalue weighted by Crippen LogP contribution is 2.51. The van der Waals surface area contributed by atoms with E-state index in [9.17, 15) is 0 Å². The fraction of sp³-hybridized carbons (Fsp3) is 0.0862. The SMILES string of the molecule is [2H]c1cc(-c2cccc(-c3c([2H])c([2H])c([2H])c([2H])c3[2H])c2N2CN(c3cccc(Oc4ccc5c6cc(-c7ccccc7)ccc6n(-c6ccccn6)c5c4)c3)c3ccc(C(C)(C)C)cc32)c([2H])c([2H])c1[2H]. The topological polar surface area (TPSA) is 33.5 Å². The number of hydrogen-bond acceptors (Lipinski definition) is 4. The van der Waals surface area contributed by atoms with Gasteiger partial charge in [0.1, 0.15) is 24.0 Å². The summed E-state index contributed by atoms with van der Waals surface area (Å²) in [6.07, 6.45) is 1.79. The summed E-state index contributed by atoms with van der Waals surface area (Å²) < 4.78 is 87.7. The number of para-hydroxylation sites is 1. The molecular weight excluding hydrogens is 769 g/mol. The van der Waals surface area contributed by atoms with Crippen LogP contribution in [-0.2, 0) is 5.41 Å². The first-order chi connectivity index (χ1) is 34.6. The summed E-state index contributed by atoms with van der Waals surface area (Å²) in [6, 6.07) is 45.7. The van der Waals surface area contributed by atoms with E-state index < -0.39 is 36.3 Å². The van der Waals surface area contributed by atoms with Crippen molar-refractivity contribution in [3.05, 3.63) is 218 Å². The van der Waals surface area contributed by atoms with Crippen molar-refractivity contribution in [2.45, 2.75) is 26.2 Å². The molecule has 1 aliphatic rings. The molecular formula is C58H46N4O. The second kappa shape index (κ2) is 15.5. The van der Waals surface area contributed by atoms with E-state index >= 15 is 0 Å². The molecule has 0 atom stereocenters. The van der Waals surface area contributed by atoms with Crippen LogP contribution in [0.2, 0.25) is 0 Å². The molecule has 304 valence electrons. The van der Waals surface area contributed by atoms with Crippen molar-refractivity contribution in [3.63, 3.8) is 0 Å². The van der Waals surface area contributed by atoms with Crippen molar-refractivity contribution in [1.29, 1.82) is 0 Å². The molecule has 3 heterocycles. The van der Waals surface area contributed by atoms with Gasteiger partial charge in [0.15, 0.2) is 0 Å². The summed E-state index contributed by atoms with van der Waals surface area (Å²) in [4.78, 5) is 8.88. The van der Waals surface area contributed by atoms with Crippen LogP contribution in [0.5, 0.6) is 11.5 Å². The quantitative estimate of drug-likeness (QED) is 0.153. The number of ether oxygens (including phenoxy) is 1. The molecule has 0 radical (unpaired) electrons. The minimum Gasteiger partial charge on any atom is -0.457 e. The molecule has 0 aliphatic carbocycles. The number of nitrogens with zero attached hydrogens (tertiary/aromatic N) is 4. The summed E-state index contributed by atoms with van der Waals surface area (Å²) in [5.41, 5.74) is 8.53. The fourth-order valence-electron chi connectivity index (χ4n) is 8.66. The number of pyridine rings is 1. The first-order valence-corrected chi connectivity index (χ1v) is 20.9.